The maximum Gasteiger partial charge on any atom is 0.217 e. The zero-order valence-corrected chi connectivity index (χ0v) is 19.5. The lowest BCUT2D eigenvalue weighted by atomic mass is 10.0. The Balaban J connectivity index is 0. The molecule has 3 N–H and O–H groups in total. The first-order valence-electron chi connectivity index (χ1n) is 11.3. The van der Waals surface area contributed by atoms with Gasteiger partial charge < -0.3 is 15.0 Å². The predicted octanol–water partition coefficient (Wildman–Crippen LogP) is 3.08. The van der Waals surface area contributed by atoms with Gasteiger partial charge in [0.25, 0.3) is 0 Å². The molecule has 0 aromatic carbocycles. The first-order valence-corrected chi connectivity index (χ1v) is 12.7. The van der Waals surface area contributed by atoms with Crippen molar-refractivity contribution in [3.05, 3.63) is 0 Å². The molecular weight excluding hydrogens is 394 g/mol. The monoisotopic (exact) mass is 439 g/mol. The van der Waals surface area contributed by atoms with Crippen molar-refractivity contribution < 1.29 is 32.4 Å². The van der Waals surface area contributed by atoms with Gasteiger partial charge in [0.05, 0.1) is 33.2 Å². The normalized spacial score (nSPS) is 11.2. The number of Topliss-reactive ketones (excluding diaryl/α,β-unsaturated/α-hetero) is 1. The van der Waals surface area contributed by atoms with Crippen LogP contribution in [0.3, 0.4) is 0 Å². The molecule has 29 heavy (non-hydrogen) atoms. The molecule has 0 aromatic rings. The molecule has 0 aliphatic carbocycles. The van der Waals surface area contributed by atoms with Crippen molar-refractivity contribution in [3.8, 4) is 0 Å². The summed E-state index contributed by atoms with van der Waals surface area (Å²) in [5.41, 5.74) is 0. The number of rotatable bonds is 20. The summed E-state index contributed by atoms with van der Waals surface area (Å²) in [5, 5.41) is 10.7. The average Bonchev–Trinajstić information content (AvgIpc) is 2.69. The van der Waals surface area contributed by atoms with Crippen LogP contribution in [-0.2, 0) is 19.4 Å². The quantitative estimate of drug-likeness (QED) is 0.171. The Morgan fingerprint density at radius 2 is 1.24 bits per heavy atom. The molecule has 8 heteroatoms. The Bertz CT molecular complexity index is 442. The molecule has 0 heterocycles. The van der Waals surface area contributed by atoms with Crippen LogP contribution < -0.4 is 5.32 Å². The van der Waals surface area contributed by atoms with E-state index in [0.717, 1.165) is 26.5 Å². The average molecular weight is 440 g/mol. The number of ketones is 1. The third kappa shape index (κ3) is 32.3. The lowest BCUT2D eigenvalue weighted by molar-refractivity contribution is -0.654. The highest BCUT2D eigenvalue weighted by Crippen LogP contribution is 2.13. The number of hydrogen-bond acceptors (Lipinski definition) is 6. The molecule has 0 spiro atoms. The Kier molecular flexibility index (Phi) is 25.1. The molecule has 0 rings (SSSR count). The minimum atomic E-state index is -4.41. The Labute approximate surface area is 179 Å². The summed E-state index contributed by atoms with van der Waals surface area (Å²) in [7, 11) is -3.60. The topological polar surface area (TPSA) is 120 Å². The molecule has 0 aromatic heterocycles. The second-order valence-electron chi connectivity index (χ2n) is 7.45. The van der Waals surface area contributed by atoms with Crippen molar-refractivity contribution in [2.45, 2.75) is 103 Å². The van der Waals surface area contributed by atoms with Crippen molar-refractivity contribution in [2.75, 3.05) is 26.8 Å². The third-order valence-corrected chi connectivity index (χ3v) is 5.13. The maximum atomic E-state index is 11.6. The molecule has 176 valence electrons. The van der Waals surface area contributed by atoms with Crippen LogP contribution in [0.1, 0.15) is 103 Å². The van der Waals surface area contributed by atoms with Crippen molar-refractivity contribution in [1.82, 2.24) is 0 Å². The van der Waals surface area contributed by atoms with Gasteiger partial charge in [0.1, 0.15) is 5.78 Å². The number of nitrogens with two attached hydrogens (primary N) is 1. The SMILES string of the molecule is CCCCCCCCCCCCCCCC(=O)CC[NH2+]CCO.COS(=O)(=O)[O-]. The van der Waals surface area contributed by atoms with Crippen molar-refractivity contribution >= 4 is 16.2 Å². The highest BCUT2D eigenvalue weighted by Gasteiger charge is 2.02. The molecule has 0 fully saturated rings. The number of carbonyl (C=O) groups excluding carboxylic acids is 1. The van der Waals surface area contributed by atoms with E-state index in [9.17, 15) is 17.8 Å². The van der Waals surface area contributed by atoms with E-state index in [1.807, 2.05) is 5.32 Å². The molecule has 0 saturated heterocycles. The van der Waals surface area contributed by atoms with Crippen molar-refractivity contribution in [3.63, 3.8) is 0 Å². The van der Waals surface area contributed by atoms with Crippen LogP contribution in [0.2, 0.25) is 0 Å². The summed E-state index contributed by atoms with van der Waals surface area (Å²) >= 11 is 0. The van der Waals surface area contributed by atoms with E-state index >= 15 is 0 Å². The second kappa shape index (κ2) is 23.7. The Hall–Kier alpha value is -0.540. The molecule has 0 unspecified atom stereocenters. The summed E-state index contributed by atoms with van der Waals surface area (Å²) in [6, 6.07) is 0. The van der Waals surface area contributed by atoms with E-state index in [4.69, 9.17) is 5.11 Å². The molecule has 0 amide bonds. The van der Waals surface area contributed by atoms with Crippen LogP contribution in [0, 0.1) is 0 Å². The number of unbranched alkanes of at least 4 members (excludes halogenated alkanes) is 12. The Morgan fingerprint density at radius 1 is 0.828 bits per heavy atom. The summed E-state index contributed by atoms with van der Waals surface area (Å²) < 4.78 is 31.0. The first kappa shape index (κ1) is 30.7. The van der Waals surface area contributed by atoms with Gasteiger partial charge in [-0.05, 0) is 6.42 Å². The highest BCUT2D eigenvalue weighted by atomic mass is 32.3. The van der Waals surface area contributed by atoms with Crippen molar-refractivity contribution in [1.29, 1.82) is 0 Å². The van der Waals surface area contributed by atoms with E-state index in [1.54, 1.807) is 0 Å². The maximum absolute atomic E-state index is 11.6. The van der Waals surface area contributed by atoms with Crippen LogP contribution in [0.5, 0.6) is 0 Å². The number of aliphatic hydroxyl groups is 1. The molecule has 0 aliphatic heterocycles. The van der Waals surface area contributed by atoms with Gasteiger partial charge in [0.2, 0.25) is 10.4 Å². The zero-order valence-electron chi connectivity index (χ0n) is 18.7. The molecule has 0 aliphatic rings. The fraction of sp³-hybridized carbons (Fsp3) is 0.952. The van der Waals surface area contributed by atoms with E-state index in [1.165, 1.54) is 77.0 Å². The zero-order chi connectivity index (χ0) is 22.2. The number of carbonyl (C=O) groups is 1. The summed E-state index contributed by atoms with van der Waals surface area (Å²) in [6.45, 7) is 4.02. The number of hydrogen-bond donors (Lipinski definition) is 2. The van der Waals surface area contributed by atoms with Gasteiger partial charge >= 0.3 is 0 Å². The Morgan fingerprint density at radius 3 is 1.62 bits per heavy atom. The minimum Gasteiger partial charge on any atom is -0.726 e. The van der Waals surface area contributed by atoms with Gasteiger partial charge in [-0.15, -0.1) is 0 Å². The van der Waals surface area contributed by atoms with Crippen LogP contribution in [0.15, 0.2) is 0 Å². The fourth-order valence-corrected chi connectivity index (χ4v) is 2.96. The van der Waals surface area contributed by atoms with Crippen LogP contribution in [0.25, 0.3) is 0 Å². The van der Waals surface area contributed by atoms with Gasteiger partial charge in [-0.2, -0.15) is 0 Å². The highest BCUT2D eigenvalue weighted by molar-refractivity contribution is 7.80. The van der Waals surface area contributed by atoms with E-state index in [-0.39, 0.29) is 6.61 Å². The van der Waals surface area contributed by atoms with E-state index in [0.29, 0.717) is 18.7 Å². The van der Waals surface area contributed by atoms with Gasteiger partial charge in [-0.25, -0.2) is 8.42 Å². The van der Waals surface area contributed by atoms with Crippen LogP contribution in [0.4, 0.5) is 0 Å². The molecule has 0 atom stereocenters. The van der Waals surface area contributed by atoms with E-state index in [2.05, 4.69) is 11.1 Å². The van der Waals surface area contributed by atoms with Gasteiger partial charge in [-0.1, -0.05) is 84.0 Å². The molecule has 0 bridgehead atoms. The van der Waals surface area contributed by atoms with Crippen molar-refractivity contribution in [2.24, 2.45) is 0 Å². The van der Waals surface area contributed by atoms with Gasteiger partial charge in [0.15, 0.2) is 0 Å². The summed E-state index contributed by atoms with van der Waals surface area (Å²) in [4.78, 5) is 11.6. The molecule has 0 saturated carbocycles. The fourth-order valence-electron chi connectivity index (χ4n) is 2.96. The van der Waals surface area contributed by atoms with Gasteiger partial charge in [0, 0.05) is 6.42 Å². The van der Waals surface area contributed by atoms with Gasteiger partial charge in [-0.3, -0.25) is 8.98 Å². The first-order chi connectivity index (χ1) is 13.9. The summed E-state index contributed by atoms with van der Waals surface area (Å²) in [6.07, 6.45) is 19.0. The smallest absolute Gasteiger partial charge is 0.217 e. The third-order valence-electron chi connectivity index (χ3n) is 4.72. The standard InChI is InChI=1S/C20H41NO2.CH4O4S/c1-2-3-4-5-6-7-8-9-10-11-12-13-14-15-20(23)16-17-21-18-19-22;1-5-6(2,3)4/h21-22H,2-19H2,1H3;1H3,(H,2,3,4). The number of quaternary nitrogens is 1. The lowest BCUT2D eigenvalue weighted by Crippen LogP contribution is -2.85. The molecule has 0 radical (unpaired) electrons. The molecular formula is C21H45NO6S. The number of aliphatic hydroxyl groups excluding tert-OH is 1. The van der Waals surface area contributed by atoms with Crippen LogP contribution in [-0.4, -0.2) is 50.7 Å². The predicted molar refractivity (Wildman–Crippen MR) is 115 cm³/mol. The minimum absolute atomic E-state index is 0.201. The second-order valence-corrected chi connectivity index (χ2v) is 8.60. The largest absolute Gasteiger partial charge is 0.726 e. The molecule has 7 nitrogen and oxygen atoms in total. The lowest BCUT2D eigenvalue weighted by Gasteiger charge is -2.03. The summed E-state index contributed by atoms with van der Waals surface area (Å²) in [5.74, 6) is 0.391. The van der Waals surface area contributed by atoms with Crippen LogP contribution >= 0.6 is 0 Å². The van der Waals surface area contributed by atoms with E-state index < -0.39 is 10.4 Å².